The van der Waals surface area contributed by atoms with Crippen molar-refractivity contribution in [1.82, 2.24) is 0 Å². The average molecular weight is 487 g/mol. The maximum atomic E-state index is 11.0. The van der Waals surface area contributed by atoms with Crippen molar-refractivity contribution in [3.05, 3.63) is 29.3 Å². The zero-order chi connectivity index (χ0) is 25.6. The Morgan fingerprint density at radius 2 is 1.17 bits per heavy atom. The molecule has 3 nitrogen and oxygen atoms in total. The van der Waals surface area contributed by atoms with Crippen LogP contribution in [0.25, 0.3) is 0 Å². The molecular weight excluding hydrogens is 432 g/mol. The van der Waals surface area contributed by atoms with Crippen molar-refractivity contribution in [3.8, 4) is 5.75 Å². The van der Waals surface area contributed by atoms with Crippen molar-refractivity contribution in [2.75, 3.05) is 0 Å². The van der Waals surface area contributed by atoms with E-state index in [0.717, 1.165) is 50.5 Å². The lowest BCUT2D eigenvalue weighted by Crippen LogP contribution is -2.45. The van der Waals surface area contributed by atoms with Gasteiger partial charge in [-0.2, -0.15) is 0 Å². The van der Waals surface area contributed by atoms with E-state index in [4.69, 9.17) is 9.47 Å². The minimum absolute atomic E-state index is 0.00302. The van der Waals surface area contributed by atoms with E-state index >= 15 is 0 Å². The lowest BCUT2D eigenvalue weighted by Gasteiger charge is -2.45. The fourth-order valence-electron chi connectivity index (χ4n) is 7.23. The van der Waals surface area contributed by atoms with Crippen LogP contribution in [-0.4, -0.2) is 27.5 Å². The van der Waals surface area contributed by atoms with Gasteiger partial charge in [-0.1, -0.05) is 77.3 Å². The molecule has 0 radical (unpaired) electrons. The third-order valence-corrected chi connectivity index (χ3v) is 8.39. The zero-order valence-corrected chi connectivity index (χ0v) is 23.8. The second-order valence-corrected chi connectivity index (χ2v) is 13.0. The minimum Gasteiger partial charge on any atom is -0.508 e. The van der Waals surface area contributed by atoms with Gasteiger partial charge in [-0.15, -0.1) is 0 Å². The largest absolute Gasteiger partial charge is 0.508 e. The Morgan fingerprint density at radius 1 is 0.714 bits per heavy atom. The van der Waals surface area contributed by atoms with E-state index in [1.165, 1.54) is 63.4 Å². The molecule has 1 aromatic carbocycles. The molecule has 35 heavy (non-hydrogen) atoms. The van der Waals surface area contributed by atoms with E-state index in [1.807, 2.05) is 12.1 Å². The summed E-state index contributed by atoms with van der Waals surface area (Å²) < 4.78 is 14.0. The van der Waals surface area contributed by atoms with Crippen LogP contribution >= 0.6 is 0 Å². The average Bonchev–Trinajstić information content (AvgIpc) is 2.76. The van der Waals surface area contributed by atoms with Crippen LogP contribution in [0, 0.1) is 0 Å². The molecule has 3 heteroatoms. The topological polar surface area (TPSA) is 38.7 Å². The zero-order valence-electron chi connectivity index (χ0n) is 23.8. The predicted molar refractivity (Wildman–Crippen MR) is 147 cm³/mol. The summed E-state index contributed by atoms with van der Waals surface area (Å²) in [6.45, 7) is 13.5. The number of aromatic hydroxyl groups is 1. The third-order valence-electron chi connectivity index (χ3n) is 8.39. The Bertz CT molecular complexity index is 771. The van der Waals surface area contributed by atoms with E-state index < -0.39 is 0 Å². The smallest absolute Gasteiger partial charge is 0.119 e. The van der Waals surface area contributed by atoms with E-state index in [2.05, 4.69) is 47.6 Å². The number of phenols is 1. The van der Waals surface area contributed by atoms with Crippen molar-refractivity contribution < 1.29 is 14.6 Å². The second-order valence-electron chi connectivity index (χ2n) is 13.0. The Labute approximate surface area is 216 Å². The SMILES string of the molecule is CCCC1(OC(C)(C)Cc2cccc(O)c2CC(C)(C)OC2(CCC)CCCCC2)CCCCC1. The molecule has 2 fully saturated rings. The molecule has 1 N–H and O–H groups in total. The van der Waals surface area contributed by atoms with Gasteiger partial charge in [-0.05, 0) is 83.4 Å². The van der Waals surface area contributed by atoms with Crippen LogP contribution in [0.2, 0.25) is 0 Å². The summed E-state index contributed by atoms with van der Waals surface area (Å²) in [6.07, 6.45) is 18.5. The molecule has 0 amide bonds. The number of rotatable bonds is 12. The Hall–Kier alpha value is -1.06. The molecule has 0 saturated heterocycles. The van der Waals surface area contributed by atoms with Crippen LogP contribution < -0.4 is 0 Å². The van der Waals surface area contributed by atoms with Crippen molar-refractivity contribution in [3.63, 3.8) is 0 Å². The van der Waals surface area contributed by atoms with Crippen LogP contribution in [0.1, 0.15) is 143 Å². The molecule has 3 rings (SSSR count). The summed E-state index contributed by atoms with van der Waals surface area (Å²) in [5, 5.41) is 11.0. The molecule has 0 spiro atoms. The van der Waals surface area contributed by atoms with E-state index in [-0.39, 0.29) is 22.4 Å². The van der Waals surface area contributed by atoms with Crippen molar-refractivity contribution >= 4 is 0 Å². The molecule has 0 atom stereocenters. The Morgan fingerprint density at radius 3 is 1.63 bits per heavy atom. The monoisotopic (exact) mass is 486 g/mol. The van der Waals surface area contributed by atoms with Gasteiger partial charge in [0, 0.05) is 12.8 Å². The number of ether oxygens (including phenoxy) is 2. The molecule has 2 aliphatic carbocycles. The van der Waals surface area contributed by atoms with Gasteiger partial charge < -0.3 is 14.6 Å². The molecule has 0 heterocycles. The molecule has 200 valence electrons. The highest BCUT2D eigenvalue weighted by Gasteiger charge is 2.40. The summed E-state index contributed by atoms with van der Waals surface area (Å²) >= 11 is 0. The summed E-state index contributed by atoms with van der Waals surface area (Å²) in [6, 6.07) is 6.01. The van der Waals surface area contributed by atoms with Crippen LogP contribution in [0.3, 0.4) is 0 Å². The van der Waals surface area contributed by atoms with Crippen molar-refractivity contribution in [2.24, 2.45) is 0 Å². The van der Waals surface area contributed by atoms with E-state index in [9.17, 15) is 5.11 Å². The second kappa shape index (κ2) is 12.0. The third kappa shape index (κ3) is 7.96. The van der Waals surface area contributed by atoms with Gasteiger partial charge >= 0.3 is 0 Å². The van der Waals surface area contributed by atoms with E-state index in [0.29, 0.717) is 5.75 Å². The number of hydrogen-bond acceptors (Lipinski definition) is 3. The highest BCUT2D eigenvalue weighted by atomic mass is 16.5. The first-order valence-electron chi connectivity index (χ1n) is 14.7. The summed E-state index contributed by atoms with van der Waals surface area (Å²) in [7, 11) is 0. The van der Waals surface area contributed by atoms with Crippen LogP contribution in [0.5, 0.6) is 5.75 Å². The molecule has 0 unspecified atom stereocenters. The molecule has 1 aromatic rings. The van der Waals surface area contributed by atoms with Crippen LogP contribution in [0.4, 0.5) is 0 Å². The number of hydrogen-bond donors (Lipinski definition) is 1. The van der Waals surface area contributed by atoms with Crippen molar-refractivity contribution in [1.29, 1.82) is 0 Å². The standard InChI is InChI=1S/C32H54O3/c1-7-18-31(20-11-9-12-21-31)34-29(3,4)24-26-16-15-17-28(33)27(26)25-30(5,6)35-32(19-8-2)22-13-10-14-23-32/h15-17,33H,7-14,18-25H2,1-6H3. The maximum Gasteiger partial charge on any atom is 0.119 e. The van der Waals surface area contributed by atoms with Gasteiger partial charge in [0.1, 0.15) is 5.75 Å². The molecule has 0 aromatic heterocycles. The summed E-state index contributed by atoms with van der Waals surface area (Å²) in [4.78, 5) is 0. The first kappa shape index (κ1) is 28.5. The number of benzene rings is 1. The molecular formula is C32H54O3. The predicted octanol–water partition coefficient (Wildman–Crippen LogP) is 9.07. The molecule has 0 bridgehead atoms. The van der Waals surface area contributed by atoms with Gasteiger partial charge in [0.25, 0.3) is 0 Å². The first-order chi connectivity index (χ1) is 16.5. The maximum absolute atomic E-state index is 11.0. The van der Waals surface area contributed by atoms with Gasteiger partial charge in [-0.3, -0.25) is 0 Å². The van der Waals surface area contributed by atoms with Crippen LogP contribution in [0.15, 0.2) is 18.2 Å². The van der Waals surface area contributed by atoms with Crippen LogP contribution in [-0.2, 0) is 22.3 Å². The normalized spacial score (nSPS) is 20.6. The summed E-state index contributed by atoms with van der Waals surface area (Å²) in [5.41, 5.74) is 1.62. The quantitative estimate of drug-likeness (QED) is 0.320. The molecule has 2 saturated carbocycles. The lowest BCUT2D eigenvalue weighted by molar-refractivity contribution is -0.162. The highest BCUT2D eigenvalue weighted by Crippen LogP contribution is 2.42. The van der Waals surface area contributed by atoms with Crippen molar-refractivity contribution in [2.45, 2.75) is 167 Å². The minimum atomic E-state index is -0.335. The first-order valence-corrected chi connectivity index (χ1v) is 14.7. The Kier molecular flexibility index (Phi) is 9.77. The fraction of sp³-hybridized carbons (Fsp3) is 0.812. The Balaban J connectivity index is 1.78. The fourth-order valence-corrected chi connectivity index (χ4v) is 7.23. The summed E-state index contributed by atoms with van der Waals surface area (Å²) in [5.74, 6) is 0.393. The molecule has 0 aliphatic heterocycles. The van der Waals surface area contributed by atoms with Gasteiger partial charge in [0.2, 0.25) is 0 Å². The molecule has 2 aliphatic rings. The van der Waals surface area contributed by atoms with Gasteiger partial charge in [0.05, 0.1) is 22.4 Å². The highest BCUT2D eigenvalue weighted by molar-refractivity contribution is 5.41. The van der Waals surface area contributed by atoms with Gasteiger partial charge in [-0.25, -0.2) is 0 Å². The lowest BCUT2D eigenvalue weighted by atomic mass is 9.79. The van der Waals surface area contributed by atoms with E-state index in [1.54, 1.807) is 0 Å². The van der Waals surface area contributed by atoms with Gasteiger partial charge in [0.15, 0.2) is 0 Å². The number of phenolic OH excluding ortho intramolecular Hbond substituents is 1.